The van der Waals surface area contributed by atoms with E-state index in [9.17, 15) is 4.39 Å². The van der Waals surface area contributed by atoms with Gasteiger partial charge in [0.25, 0.3) is 0 Å². The van der Waals surface area contributed by atoms with Crippen LogP contribution in [-0.4, -0.2) is 9.55 Å². The van der Waals surface area contributed by atoms with Crippen LogP contribution in [0.15, 0.2) is 30.5 Å². The van der Waals surface area contributed by atoms with Crippen molar-refractivity contribution in [2.24, 2.45) is 0 Å². The van der Waals surface area contributed by atoms with Crippen molar-refractivity contribution in [3.63, 3.8) is 0 Å². The number of rotatable bonds is 2. The van der Waals surface area contributed by atoms with E-state index in [4.69, 9.17) is 12.2 Å². The summed E-state index contributed by atoms with van der Waals surface area (Å²) in [4.78, 5) is 2.99. The molecule has 1 N–H and O–H groups in total. The van der Waals surface area contributed by atoms with E-state index in [-0.39, 0.29) is 5.82 Å². The fourth-order valence-corrected chi connectivity index (χ4v) is 1.82. The van der Waals surface area contributed by atoms with Crippen molar-refractivity contribution < 1.29 is 4.39 Å². The molecule has 2 aromatic rings. The Hall–Kier alpha value is -1.42. The molecule has 1 aromatic heterocycles. The van der Waals surface area contributed by atoms with E-state index < -0.39 is 0 Å². The molecule has 0 saturated heterocycles. The second-order valence-corrected chi connectivity index (χ2v) is 3.64. The van der Waals surface area contributed by atoms with Gasteiger partial charge in [-0.1, -0.05) is 6.92 Å². The van der Waals surface area contributed by atoms with Crippen LogP contribution < -0.4 is 0 Å². The first-order valence-electron chi connectivity index (χ1n) is 4.77. The van der Waals surface area contributed by atoms with E-state index in [1.165, 1.54) is 12.1 Å². The van der Waals surface area contributed by atoms with Crippen molar-refractivity contribution in [2.75, 3.05) is 0 Å². The normalized spacial score (nSPS) is 10.5. The van der Waals surface area contributed by atoms with Crippen LogP contribution in [0.1, 0.15) is 12.6 Å². The van der Waals surface area contributed by atoms with Gasteiger partial charge in [0.05, 0.1) is 0 Å². The van der Waals surface area contributed by atoms with E-state index in [0.717, 1.165) is 17.8 Å². The van der Waals surface area contributed by atoms with Crippen molar-refractivity contribution >= 4 is 12.2 Å². The number of hydrogen-bond acceptors (Lipinski definition) is 1. The van der Waals surface area contributed by atoms with Gasteiger partial charge in [0.1, 0.15) is 5.82 Å². The van der Waals surface area contributed by atoms with Crippen LogP contribution in [0.25, 0.3) is 5.69 Å². The molecule has 0 aliphatic rings. The molecule has 0 spiro atoms. The van der Waals surface area contributed by atoms with Crippen LogP contribution in [0.5, 0.6) is 0 Å². The molecule has 15 heavy (non-hydrogen) atoms. The molecule has 4 heteroatoms. The van der Waals surface area contributed by atoms with Gasteiger partial charge in [0.2, 0.25) is 0 Å². The van der Waals surface area contributed by atoms with E-state index in [1.54, 1.807) is 12.1 Å². The second-order valence-electron chi connectivity index (χ2n) is 3.25. The van der Waals surface area contributed by atoms with Crippen molar-refractivity contribution in [3.05, 3.63) is 46.7 Å². The minimum absolute atomic E-state index is 0.237. The Labute approximate surface area is 92.4 Å². The highest BCUT2D eigenvalue weighted by molar-refractivity contribution is 7.71. The molecule has 2 nitrogen and oxygen atoms in total. The first-order valence-corrected chi connectivity index (χ1v) is 5.18. The lowest BCUT2D eigenvalue weighted by molar-refractivity contribution is 0.627. The first-order chi connectivity index (χ1) is 7.22. The monoisotopic (exact) mass is 222 g/mol. The number of aromatic amines is 1. The Morgan fingerprint density at radius 3 is 2.60 bits per heavy atom. The highest BCUT2D eigenvalue weighted by Gasteiger charge is 2.04. The summed E-state index contributed by atoms with van der Waals surface area (Å²) < 4.78 is 15.3. The van der Waals surface area contributed by atoms with Gasteiger partial charge in [-0.3, -0.25) is 4.57 Å². The number of imidazole rings is 1. The Kier molecular flexibility index (Phi) is 2.68. The molecule has 0 aliphatic heterocycles. The molecule has 0 unspecified atom stereocenters. The maximum absolute atomic E-state index is 12.8. The van der Waals surface area contributed by atoms with Gasteiger partial charge in [-0.05, 0) is 42.9 Å². The number of aromatic nitrogens is 2. The topological polar surface area (TPSA) is 20.7 Å². The van der Waals surface area contributed by atoms with Crippen molar-refractivity contribution in [1.82, 2.24) is 9.55 Å². The summed E-state index contributed by atoms with van der Waals surface area (Å²) in [5.74, 6) is -0.237. The zero-order valence-electron chi connectivity index (χ0n) is 8.33. The van der Waals surface area contributed by atoms with Crippen molar-refractivity contribution in [2.45, 2.75) is 13.3 Å². The molecular formula is C11H11FN2S. The minimum atomic E-state index is -0.237. The SMILES string of the molecule is CCc1c[nH]c(=S)n1-c1ccc(F)cc1. The molecule has 2 rings (SSSR count). The predicted octanol–water partition coefficient (Wildman–Crippen LogP) is 3.24. The molecule has 0 bridgehead atoms. The summed E-state index contributed by atoms with van der Waals surface area (Å²) in [5, 5.41) is 0. The van der Waals surface area contributed by atoms with Crippen molar-refractivity contribution in [1.29, 1.82) is 0 Å². The number of benzene rings is 1. The van der Waals surface area contributed by atoms with Crippen molar-refractivity contribution in [3.8, 4) is 5.69 Å². The van der Waals surface area contributed by atoms with Crippen LogP contribution in [0.2, 0.25) is 0 Å². The maximum Gasteiger partial charge on any atom is 0.182 e. The molecule has 0 radical (unpaired) electrons. The molecule has 78 valence electrons. The molecule has 0 amide bonds. The molecular weight excluding hydrogens is 211 g/mol. The summed E-state index contributed by atoms with van der Waals surface area (Å²) in [7, 11) is 0. The van der Waals surface area contributed by atoms with Gasteiger partial charge in [-0.15, -0.1) is 0 Å². The maximum atomic E-state index is 12.8. The lowest BCUT2D eigenvalue weighted by Crippen LogP contribution is -1.98. The Morgan fingerprint density at radius 1 is 1.33 bits per heavy atom. The lowest BCUT2D eigenvalue weighted by Gasteiger charge is -2.06. The molecule has 0 aliphatic carbocycles. The average Bonchev–Trinajstić information content (AvgIpc) is 2.61. The van der Waals surface area contributed by atoms with E-state index in [2.05, 4.69) is 11.9 Å². The summed E-state index contributed by atoms with van der Waals surface area (Å²) >= 11 is 5.17. The van der Waals surface area contributed by atoms with Crippen LogP contribution in [0, 0.1) is 10.6 Å². The fourth-order valence-electron chi connectivity index (χ4n) is 1.54. The number of nitrogens with zero attached hydrogens (tertiary/aromatic N) is 1. The first kappa shape index (κ1) is 10.1. The van der Waals surface area contributed by atoms with Gasteiger partial charge in [0.15, 0.2) is 4.77 Å². The van der Waals surface area contributed by atoms with Gasteiger partial charge in [-0.25, -0.2) is 4.39 Å². The van der Waals surface area contributed by atoms with E-state index in [0.29, 0.717) is 4.77 Å². The zero-order valence-corrected chi connectivity index (χ0v) is 9.14. The third-order valence-corrected chi connectivity index (χ3v) is 2.60. The molecule has 0 fully saturated rings. The van der Waals surface area contributed by atoms with Crippen LogP contribution in [0.4, 0.5) is 4.39 Å². The minimum Gasteiger partial charge on any atom is -0.337 e. The van der Waals surface area contributed by atoms with Gasteiger partial charge >= 0.3 is 0 Å². The molecule has 0 atom stereocenters. The summed E-state index contributed by atoms with van der Waals surface area (Å²) in [6.45, 7) is 2.05. The molecule has 1 aromatic carbocycles. The summed E-state index contributed by atoms with van der Waals surface area (Å²) in [6.07, 6.45) is 2.76. The average molecular weight is 222 g/mol. The largest absolute Gasteiger partial charge is 0.337 e. The Morgan fingerprint density at radius 2 is 2.00 bits per heavy atom. The third-order valence-electron chi connectivity index (χ3n) is 2.30. The standard InChI is InChI=1S/C11H11FN2S/c1-2-9-7-13-11(15)14(9)10-5-3-8(12)4-6-10/h3-7H,2H2,1H3,(H,13,15). The third kappa shape index (κ3) is 1.85. The van der Waals surface area contributed by atoms with Gasteiger partial charge < -0.3 is 4.98 Å². The number of hydrogen-bond donors (Lipinski definition) is 1. The summed E-state index contributed by atoms with van der Waals surface area (Å²) in [6, 6.07) is 6.31. The molecule has 0 saturated carbocycles. The van der Waals surface area contributed by atoms with Crippen LogP contribution in [-0.2, 0) is 6.42 Å². The van der Waals surface area contributed by atoms with Gasteiger partial charge in [0, 0.05) is 17.6 Å². The summed E-state index contributed by atoms with van der Waals surface area (Å²) in [5.41, 5.74) is 1.98. The zero-order chi connectivity index (χ0) is 10.8. The highest BCUT2D eigenvalue weighted by Crippen LogP contribution is 2.13. The highest BCUT2D eigenvalue weighted by atomic mass is 32.1. The van der Waals surface area contributed by atoms with E-state index >= 15 is 0 Å². The van der Waals surface area contributed by atoms with Crippen LogP contribution in [0.3, 0.4) is 0 Å². The lowest BCUT2D eigenvalue weighted by atomic mass is 10.3. The number of nitrogens with one attached hydrogen (secondary N) is 1. The number of H-pyrrole nitrogens is 1. The number of aryl methyl sites for hydroxylation is 1. The molecule has 1 heterocycles. The van der Waals surface area contributed by atoms with Gasteiger partial charge in [-0.2, -0.15) is 0 Å². The predicted molar refractivity (Wildman–Crippen MR) is 60.3 cm³/mol. The van der Waals surface area contributed by atoms with Crippen LogP contribution >= 0.6 is 12.2 Å². The smallest absolute Gasteiger partial charge is 0.182 e. The second kappa shape index (κ2) is 3.98. The number of halogens is 1. The Balaban J connectivity index is 2.57. The Bertz CT molecular complexity index is 510. The quantitative estimate of drug-likeness (QED) is 0.774. The fraction of sp³-hybridized carbons (Fsp3) is 0.182. The van der Waals surface area contributed by atoms with E-state index in [1.807, 2.05) is 10.8 Å².